The van der Waals surface area contributed by atoms with E-state index in [1.165, 1.54) is 0 Å². The Morgan fingerprint density at radius 1 is 1.21 bits per heavy atom. The third-order valence-electron chi connectivity index (χ3n) is 5.86. The number of para-hydroxylation sites is 1. The molecule has 29 heavy (non-hydrogen) atoms. The Balaban J connectivity index is 1.67. The lowest BCUT2D eigenvalue weighted by Crippen LogP contribution is -2.52. The van der Waals surface area contributed by atoms with Gasteiger partial charge in [0.05, 0.1) is 13.0 Å². The van der Waals surface area contributed by atoms with Gasteiger partial charge in [-0.3, -0.25) is 14.9 Å². The van der Waals surface area contributed by atoms with Crippen LogP contribution in [0.25, 0.3) is 0 Å². The van der Waals surface area contributed by atoms with Gasteiger partial charge in [-0.2, -0.15) is 0 Å². The van der Waals surface area contributed by atoms with Gasteiger partial charge in [-0.05, 0) is 49.1 Å². The molecule has 6 nitrogen and oxygen atoms in total. The van der Waals surface area contributed by atoms with E-state index in [-0.39, 0.29) is 17.9 Å². The van der Waals surface area contributed by atoms with Gasteiger partial charge in [0.1, 0.15) is 11.3 Å². The number of fused-ring (bicyclic) bond motifs is 2. The van der Waals surface area contributed by atoms with Crippen molar-refractivity contribution in [3.8, 4) is 5.75 Å². The van der Waals surface area contributed by atoms with Gasteiger partial charge in [-0.25, -0.2) is 0 Å². The molecule has 2 heterocycles. The zero-order valence-electron chi connectivity index (χ0n) is 17.0. The molecule has 2 aliphatic rings. The summed E-state index contributed by atoms with van der Waals surface area (Å²) in [6, 6.07) is 14.9. The maximum Gasteiger partial charge on any atom is 0.250 e. The summed E-state index contributed by atoms with van der Waals surface area (Å²) < 4.78 is 5.18. The van der Waals surface area contributed by atoms with Crippen molar-refractivity contribution in [3.05, 3.63) is 54.1 Å². The molecule has 152 valence electrons. The highest BCUT2D eigenvalue weighted by Gasteiger charge is 2.59. The van der Waals surface area contributed by atoms with Crippen molar-refractivity contribution in [2.45, 2.75) is 38.3 Å². The van der Waals surface area contributed by atoms with Gasteiger partial charge in [-0.1, -0.05) is 32.0 Å². The lowest BCUT2D eigenvalue weighted by molar-refractivity contribution is -0.130. The van der Waals surface area contributed by atoms with E-state index in [1.54, 1.807) is 31.4 Å². The van der Waals surface area contributed by atoms with Crippen LogP contribution in [0.1, 0.15) is 32.3 Å². The molecule has 4 rings (SSSR count). The van der Waals surface area contributed by atoms with E-state index >= 15 is 0 Å². The summed E-state index contributed by atoms with van der Waals surface area (Å²) in [6.45, 7) is 4.31. The molecule has 3 N–H and O–H groups in total. The summed E-state index contributed by atoms with van der Waals surface area (Å²) in [5.74, 6) is 0.383. The third-order valence-corrected chi connectivity index (χ3v) is 5.86. The number of benzene rings is 2. The Bertz CT molecular complexity index is 925. The molecule has 1 fully saturated rings. The van der Waals surface area contributed by atoms with E-state index in [1.807, 2.05) is 24.3 Å². The molecule has 0 bridgehead atoms. The van der Waals surface area contributed by atoms with Gasteiger partial charge in [0.15, 0.2) is 0 Å². The third kappa shape index (κ3) is 3.38. The van der Waals surface area contributed by atoms with E-state index in [2.05, 4.69) is 29.8 Å². The normalized spacial score (nSPS) is 25.2. The van der Waals surface area contributed by atoms with Crippen LogP contribution >= 0.6 is 0 Å². The molecule has 1 saturated heterocycles. The summed E-state index contributed by atoms with van der Waals surface area (Å²) in [6.07, 6.45) is 1.52. The fourth-order valence-corrected chi connectivity index (χ4v) is 4.64. The highest BCUT2D eigenvalue weighted by Crippen LogP contribution is 2.48. The van der Waals surface area contributed by atoms with Crippen LogP contribution in [0.2, 0.25) is 0 Å². The first kappa shape index (κ1) is 19.5. The van der Waals surface area contributed by atoms with E-state index in [4.69, 9.17) is 4.74 Å². The van der Waals surface area contributed by atoms with Crippen LogP contribution in [0.5, 0.6) is 5.75 Å². The molecular weight excluding hydrogens is 366 g/mol. The Hall–Kier alpha value is -2.86. The maximum atomic E-state index is 13.4. The molecule has 0 aliphatic carbocycles. The van der Waals surface area contributed by atoms with Gasteiger partial charge < -0.3 is 15.4 Å². The van der Waals surface area contributed by atoms with Crippen LogP contribution in [0.15, 0.2) is 48.5 Å². The van der Waals surface area contributed by atoms with Crippen LogP contribution < -0.4 is 20.7 Å². The van der Waals surface area contributed by atoms with Gasteiger partial charge in [0.2, 0.25) is 11.8 Å². The van der Waals surface area contributed by atoms with E-state index in [0.717, 1.165) is 23.4 Å². The highest BCUT2D eigenvalue weighted by molar-refractivity contribution is 6.10. The molecule has 3 atom stereocenters. The summed E-state index contributed by atoms with van der Waals surface area (Å²) in [5.41, 5.74) is 1.28. The average Bonchev–Trinajstić information content (AvgIpc) is 3.21. The Morgan fingerprint density at radius 3 is 2.62 bits per heavy atom. The van der Waals surface area contributed by atoms with Crippen molar-refractivity contribution in [3.63, 3.8) is 0 Å². The topological polar surface area (TPSA) is 79.5 Å². The molecule has 0 saturated carbocycles. The van der Waals surface area contributed by atoms with Crippen LogP contribution in [0.3, 0.4) is 0 Å². The first-order valence-electron chi connectivity index (χ1n) is 10.1. The summed E-state index contributed by atoms with van der Waals surface area (Å²) in [7, 11) is 1.60. The average molecular weight is 393 g/mol. The number of amides is 2. The second-order valence-electron chi connectivity index (χ2n) is 8.28. The molecule has 0 unspecified atom stereocenters. The molecular formula is C23H27N3O3. The molecule has 0 aromatic heterocycles. The van der Waals surface area contributed by atoms with E-state index in [0.29, 0.717) is 18.0 Å². The number of hydrogen-bond donors (Lipinski definition) is 3. The smallest absolute Gasteiger partial charge is 0.250 e. The van der Waals surface area contributed by atoms with Crippen molar-refractivity contribution in [2.75, 3.05) is 17.7 Å². The van der Waals surface area contributed by atoms with Crippen molar-refractivity contribution in [1.82, 2.24) is 5.32 Å². The second kappa shape index (κ2) is 7.52. The zero-order chi connectivity index (χ0) is 20.6. The molecule has 0 radical (unpaired) electrons. The van der Waals surface area contributed by atoms with Gasteiger partial charge in [0, 0.05) is 23.0 Å². The first-order valence-corrected chi connectivity index (χ1v) is 10.1. The predicted octanol–water partition coefficient (Wildman–Crippen LogP) is 3.51. The number of hydrogen-bond acceptors (Lipinski definition) is 4. The number of ether oxygens (including phenoxy) is 1. The number of nitrogens with one attached hydrogen (secondary N) is 3. The van der Waals surface area contributed by atoms with E-state index in [9.17, 15) is 9.59 Å². The molecule has 1 spiro atoms. The summed E-state index contributed by atoms with van der Waals surface area (Å²) in [4.78, 5) is 26.5. The van der Waals surface area contributed by atoms with Crippen molar-refractivity contribution in [2.24, 2.45) is 11.8 Å². The van der Waals surface area contributed by atoms with Crippen molar-refractivity contribution in [1.29, 1.82) is 0 Å². The molecule has 2 aromatic rings. The van der Waals surface area contributed by atoms with Crippen molar-refractivity contribution >= 4 is 23.2 Å². The Labute approximate surface area is 171 Å². The van der Waals surface area contributed by atoms with Crippen LogP contribution in [-0.2, 0) is 15.1 Å². The maximum absolute atomic E-state index is 13.4. The SMILES string of the molecule is COc1ccc(NC(=O)[C@@H]2C[C@@H](CC(C)C)N[C@@]23C(=O)Nc2ccccc23)cc1. The fourth-order valence-electron chi connectivity index (χ4n) is 4.64. The lowest BCUT2D eigenvalue weighted by Gasteiger charge is -2.29. The predicted molar refractivity (Wildman–Crippen MR) is 113 cm³/mol. The summed E-state index contributed by atoms with van der Waals surface area (Å²) in [5, 5.41) is 9.51. The van der Waals surface area contributed by atoms with Crippen LogP contribution in [0.4, 0.5) is 11.4 Å². The second-order valence-corrected chi connectivity index (χ2v) is 8.28. The quantitative estimate of drug-likeness (QED) is 0.726. The number of carbonyl (C=O) groups excluding carboxylic acids is 2. The van der Waals surface area contributed by atoms with Gasteiger partial charge >= 0.3 is 0 Å². The van der Waals surface area contributed by atoms with Crippen LogP contribution in [-0.4, -0.2) is 25.0 Å². The number of anilines is 2. The van der Waals surface area contributed by atoms with Crippen LogP contribution in [0, 0.1) is 11.8 Å². The van der Waals surface area contributed by atoms with E-state index < -0.39 is 11.5 Å². The molecule has 6 heteroatoms. The van der Waals surface area contributed by atoms with Gasteiger partial charge in [-0.15, -0.1) is 0 Å². The monoisotopic (exact) mass is 393 g/mol. The Kier molecular flexibility index (Phi) is 5.04. The number of rotatable bonds is 5. The Morgan fingerprint density at radius 2 is 1.93 bits per heavy atom. The highest BCUT2D eigenvalue weighted by atomic mass is 16.5. The first-order chi connectivity index (χ1) is 13.9. The van der Waals surface area contributed by atoms with Gasteiger partial charge in [0.25, 0.3) is 0 Å². The standard InChI is InChI=1S/C23H27N3O3/c1-14(2)12-16-13-19(21(27)24-15-8-10-17(29-3)11-9-15)23(26-16)18-6-4-5-7-20(18)25-22(23)28/h4-11,14,16,19,26H,12-13H2,1-3H3,(H,24,27)(H,25,28)/t16-,19+,23-/m1/s1. The molecule has 2 aliphatic heterocycles. The number of carbonyl (C=O) groups is 2. The molecule has 2 amide bonds. The number of methoxy groups -OCH3 is 1. The molecule has 2 aromatic carbocycles. The summed E-state index contributed by atoms with van der Waals surface area (Å²) >= 11 is 0. The minimum Gasteiger partial charge on any atom is -0.497 e. The van der Waals surface area contributed by atoms with Crippen molar-refractivity contribution < 1.29 is 14.3 Å². The lowest BCUT2D eigenvalue weighted by atomic mass is 9.79. The zero-order valence-corrected chi connectivity index (χ0v) is 17.0. The largest absolute Gasteiger partial charge is 0.497 e. The minimum atomic E-state index is -1.04. The minimum absolute atomic E-state index is 0.0959. The fraction of sp³-hybridized carbons (Fsp3) is 0.391.